The van der Waals surface area contributed by atoms with Crippen molar-refractivity contribution in [2.45, 2.75) is 25.1 Å². The lowest BCUT2D eigenvalue weighted by Crippen LogP contribution is -2.43. The highest BCUT2D eigenvalue weighted by molar-refractivity contribution is 7.89. The Balaban J connectivity index is 1.53. The minimum Gasteiger partial charge on any atom is -0.352 e. The number of carbonyl (C=O) groups excluding carboxylic acids is 2. The van der Waals surface area contributed by atoms with Gasteiger partial charge < -0.3 is 10.2 Å². The predicted molar refractivity (Wildman–Crippen MR) is 112 cm³/mol. The molecule has 7 heteroatoms. The standard InChI is InChI=1S/C22H26N2O4S/c1-29(27,28)16-18-8-5-9-20(14-18)22(26)24-12-10-19(11-13-24)21(25)23-15-17-6-3-2-4-7-17/h2-9,14,19H,10-13,15-16H2,1H3,(H,23,25). The average Bonchev–Trinajstić information content (AvgIpc) is 2.71. The number of sulfone groups is 1. The maximum absolute atomic E-state index is 12.8. The molecular formula is C22H26N2O4S. The second kappa shape index (κ2) is 9.22. The number of hydrogen-bond acceptors (Lipinski definition) is 4. The van der Waals surface area contributed by atoms with Crippen LogP contribution >= 0.6 is 0 Å². The molecule has 0 unspecified atom stereocenters. The van der Waals surface area contributed by atoms with Crippen LogP contribution in [-0.2, 0) is 26.9 Å². The largest absolute Gasteiger partial charge is 0.352 e. The molecule has 6 nitrogen and oxygen atoms in total. The Labute approximate surface area is 171 Å². The van der Waals surface area contributed by atoms with Crippen LogP contribution in [-0.4, -0.2) is 44.5 Å². The van der Waals surface area contributed by atoms with Gasteiger partial charge in [-0.3, -0.25) is 9.59 Å². The molecule has 29 heavy (non-hydrogen) atoms. The van der Waals surface area contributed by atoms with Crippen molar-refractivity contribution in [2.75, 3.05) is 19.3 Å². The summed E-state index contributed by atoms with van der Waals surface area (Å²) in [5.41, 5.74) is 2.15. The maximum atomic E-state index is 12.8. The third kappa shape index (κ3) is 6.15. The fourth-order valence-corrected chi connectivity index (χ4v) is 4.34. The lowest BCUT2D eigenvalue weighted by atomic mass is 9.95. The minimum atomic E-state index is -3.16. The van der Waals surface area contributed by atoms with Crippen molar-refractivity contribution in [3.05, 3.63) is 71.3 Å². The Morgan fingerprint density at radius 1 is 1.00 bits per heavy atom. The SMILES string of the molecule is CS(=O)(=O)Cc1cccc(C(=O)N2CCC(C(=O)NCc3ccccc3)CC2)c1. The van der Waals surface area contributed by atoms with Crippen LogP contribution in [0.1, 0.15) is 34.3 Å². The highest BCUT2D eigenvalue weighted by Crippen LogP contribution is 2.20. The molecule has 2 amide bonds. The van der Waals surface area contributed by atoms with E-state index in [1.807, 2.05) is 30.3 Å². The van der Waals surface area contributed by atoms with Crippen LogP contribution in [0.15, 0.2) is 54.6 Å². The number of nitrogens with zero attached hydrogens (tertiary/aromatic N) is 1. The average molecular weight is 415 g/mol. The van der Waals surface area contributed by atoms with Crippen molar-refractivity contribution >= 4 is 21.7 Å². The normalized spacial score (nSPS) is 15.1. The topological polar surface area (TPSA) is 83.6 Å². The van der Waals surface area contributed by atoms with Crippen LogP contribution < -0.4 is 5.32 Å². The zero-order chi connectivity index (χ0) is 20.9. The van der Waals surface area contributed by atoms with Gasteiger partial charge in [0.05, 0.1) is 5.75 Å². The molecule has 1 heterocycles. The van der Waals surface area contributed by atoms with E-state index in [0.717, 1.165) is 5.56 Å². The number of hydrogen-bond donors (Lipinski definition) is 1. The van der Waals surface area contributed by atoms with Gasteiger partial charge in [0.25, 0.3) is 5.91 Å². The number of piperidine rings is 1. The summed E-state index contributed by atoms with van der Waals surface area (Å²) in [6.07, 6.45) is 2.42. The summed E-state index contributed by atoms with van der Waals surface area (Å²) in [6.45, 7) is 1.53. The zero-order valence-electron chi connectivity index (χ0n) is 16.5. The van der Waals surface area contributed by atoms with Crippen molar-refractivity contribution in [2.24, 2.45) is 5.92 Å². The number of amides is 2. The second-order valence-electron chi connectivity index (χ2n) is 7.54. The Morgan fingerprint density at radius 2 is 1.66 bits per heavy atom. The molecular weight excluding hydrogens is 388 g/mol. The van der Waals surface area contributed by atoms with Crippen LogP contribution in [0.25, 0.3) is 0 Å². The number of nitrogens with one attached hydrogen (secondary N) is 1. The van der Waals surface area contributed by atoms with Gasteiger partial charge in [0.2, 0.25) is 5.91 Å². The first-order valence-electron chi connectivity index (χ1n) is 9.69. The van der Waals surface area contributed by atoms with Gasteiger partial charge in [-0.25, -0.2) is 8.42 Å². The van der Waals surface area contributed by atoms with E-state index in [-0.39, 0.29) is 23.5 Å². The second-order valence-corrected chi connectivity index (χ2v) is 9.68. The zero-order valence-corrected chi connectivity index (χ0v) is 17.3. The molecule has 154 valence electrons. The molecule has 2 aromatic carbocycles. The summed E-state index contributed by atoms with van der Waals surface area (Å²) in [5.74, 6) is -0.281. The summed E-state index contributed by atoms with van der Waals surface area (Å²) >= 11 is 0. The van der Waals surface area contributed by atoms with E-state index in [2.05, 4.69) is 5.32 Å². The quantitative estimate of drug-likeness (QED) is 0.787. The summed E-state index contributed by atoms with van der Waals surface area (Å²) < 4.78 is 23.0. The molecule has 2 aromatic rings. The monoisotopic (exact) mass is 414 g/mol. The van der Waals surface area contributed by atoms with Gasteiger partial charge in [0, 0.05) is 37.4 Å². The number of carbonyl (C=O) groups is 2. The third-order valence-corrected chi connectivity index (χ3v) is 5.92. The molecule has 1 saturated heterocycles. The maximum Gasteiger partial charge on any atom is 0.253 e. The molecule has 0 spiro atoms. The number of rotatable bonds is 6. The number of likely N-dealkylation sites (tertiary alicyclic amines) is 1. The van der Waals surface area contributed by atoms with Gasteiger partial charge in [-0.15, -0.1) is 0 Å². The van der Waals surface area contributed by atoms with Crippen molar-refractivity contribution in [3.63, 3.8) is 0 Å². The molecule has 0 bridgehead atoms. The van der Waals surface area contributed by atoms with Gasteiger partial charge in [-0.05, 0) is 36.1 Å². The smallest absolute Gasteiger partial charge is 0.253 e. The first-order chi connectivity index (χ1) is 13.8. The van der Waals surface area contributed by atoms with Gasteiger partial charge >= 0.3 is 0 Å². The van der Waals surface area contributed by atoms with Crippen LogP contribution in [0.3, 0.4) is 0 Å². The first-order valence-corrected chi connectivity index (χ1v) is 11.8. The van der Waals surface area contributed by atoms with E-state index in [0.29, 0.717) is 43.6 Å². The van der Waals surface area contributed by atoms with Gasteiger partial charge in [-0.2, -0.15) is 0 Å². The molecule has 1 aliphatic rings. The van der Waals surface area contributed by atoms with Crippen LogP contribution in [0.5, 0.6) is 0 Å². The Bertz CT molecular complexity index is 965. The fraction of sp³-hybridized carbons (Fsp3) is 0.364. The van der Waals surface area contributed by atoms with E-state index in [1.165, 1.54) is 6.26 Å². The van der Waals surface area contributed by atoms with E-state index >= 15 is 0 Å². The molecule has 0 radical (unpaired) electrons. The summed E-state index contributed by atoms with van der Waals surface area (Å²) in [6, 6.07) is 16.5. The molecule has 0 saturated carbocycles. The molecule has 0 atom stereocenters. The Morgan fingerprint density at radius 3 is 2.31 bits per heavy atom. The van der Waals surface area contributed by atoms with E-state index in [1.54, 1.807) is 29.2 Å². The van der Waals surface area contributed by atoms with Crippen LogP contribution in [0.2, 0.25) is 0 Å². The fourth-order valence-electron chi connectivity index (χ4n) is 3.55. The summed E-state index contributed by atoms with van der Waals surface area (Å²) in [5, 5.41) is 2.97. The molecule has 1 N–H and O–H groups in total. The van der Waals surface area contributed by atoms with E-state index in [9.17, 15) is 18.0 Å². The molecule has 0 aliphatic carbocycles. The van der Waals surface area contributed by atoms with Crippen molar-refractivity contribution in [1.29, 1.82) is 0 Å². The molecule has 3 rings (SSSR count). The van der Waals surface area contributed by atoms with Crippen molar-refractivity contribution in [3.8, 4) is 0 Å². The van der Waals surface area contributed by atoms with E-state index < -0.39 is 9.84 Å². The van der Waals surface area contributed by atoms with Crippen LogP contribution in [0, 0.1) is 5.92 Å². The number of benzene rings is 2. The van der Waals surface area contributed by atoms with Gasteiger partial charge in [0.15, 0.2) is 9.84 Å². The molecule has 1 fully saturated rings. The highest BCUT2D eigenvalue weighted by Gasteiger charge is 2.27. The lowest BCUT2D eigenvalue weighted by Gasteiger charge is -2.31. The van der Waals surface area contributed by atoms with E-state index in [4.69, 9.17) is 0 Å². The Kier molecular flexibility index (Phi) is 6.69. The highest BCUT2D eigenvalue weighted by atomic mass is 32.2. The van der Waals surface area contributed by atoms with Crippen molar-refractivity contribution < 1.29 is 18.0 Å². The van der Waals surface area contributed by atoms with Gasteiger partial charge in [-0.1, -0.05) is 42.5 Å². The van der Waals surface area contributed by atoms with Crippen molar-refractivity contribution in [1.82, 2.24) is 10.2 Å². The molecule has 1 aliphatic heterocycles. The third-order valence-electron chi connectivity index (χ3n) is 5.07. The Hall–Kier alpha value is -2.67. The lowest BCUT2D eigenvalue weighted by molar-refractivity contribution is -0.126. The first kappa shape index (κ1) is 21.0. The van der Waals surface area contributed by atoms with Gasteiger partial charge in [0.1, 0.15) is 0 Å². The summed E-state index contributed by atoms with van der Waals surface area (Å²) in [4.78, 5) is 26.9. The predicted octanol–water partition coefficient (Wildman–Crippen LogP) is 2.40. The summed E-state index contributed by atoms with van der Waals surface area (Å²) in [7, 11) is -3.16. The molecule has 0 aromatic heterocycles. The minimum absolute atomic E-state index is 0.0242. The van der Waals surface area contributed by atoms with Crippen LogP contribution in [0.4, 0.5) is 0 Å².